The Kier molecular flexibility index (Phi) is 16.8. The van der Waals surface area contributed by atoms with Crippen LogP contribution in [0.1, 0.15) is 12.8 Å². The summed E-state index contributed by atoms with van der Waals surface area (Å²) in [5.74, 6) is -0.314. The quantitative estimate of drug-likeness (QED) is 0.117. The van der Waals surface area contributed by atoms with Crippen LogP contribution in [-0.2, 0) is 32.3 Å². The normalized spacial score (nSPS) is 12.6. The molecule has 4 amide bonds. The van der Waals surface area contributed by atoms with Crippen molar-refractivity contribution in [1.82, 2.24) is 40.2 Å². The van der Waals surface area contributed by atoms with Crippen LogP contribution in [-0.4, -0.2) is 121 Å². The molecule has 0 aliphatic carbocycles. The van der Waals surface area contributed by atoms with Crippen molar-refractivity contribution in [3.05, 3.63) is 49.1 Å². The van der Waals surface area contributed by atoms with Crippen LogP contribution in [0, 0.1) is 0 Å². The largest absolute Gasteiger partial charge is 0.354 e. The summed E-state index contributed by atoms with van der Waals surface area (Å²) in [7, 11) is 10.5. The summed E-state index contributed by atoms with van der Waals surface area (Å²) in [6.07, 6.45) is 8.04. The van der Waals surface area contributed by atoms with Crippen LogP contribution in [0.4, 0.5) is 0 Å². The molecule has 4 N–H and O–H groups in total. The van der Waals surface area contributed by atoms with E-state index in [-0.39, 0.29) is 36.5 Å². The van der Waals surface area contributed by atoms with Crippen molar-refractivity contribution in [3.63, 3.8) is 0 Å². The third-order valence-corrected chi connectivity index (χ3v) is 8.52. The zero-order chi connectivity index (χ0) is 30.7. The van der Waals surface area contributed by atoms with E-state index >= 15 is 0 Å². The van der Waals surface area contributed by atoms with Crippen molar-refractivity contribution in [2.45, 2.75) is 38.0 Å². The Morgan fingerprint density at radius 2 is 1.00 bits per heavy atom. The maximum atomic E-state index is 12.9. The molecule has 0 bridgehead atoms. The van der Waals surface area contributed by atoms with E-state index in [1.165, 1.54) is 21.6 Å². The molecule has 0 aliphatic heterocycles. The van der Waals surface area contributed by atoms with Crippen molar-refractivity contribution in [2.75, 3.05) is 65.9 Å². The minimum Gasteiger partial charge on any atom is -0.354 e. The fourth-order valence-electron chi connectivity index (χ4n) is 3.68. The monoisotopic (exact) mass is 622 g/mol. The molecular weight excluding hydrogens is 576 g/mol. The maximum absolute atomic E-state index is 12.9. The third-order valence-electron chi connectivity index (χ3n) is 6.10. The first-order valence-corrected chi connectivity index (χ1v) is 16.5. The predicted molar refractivity (Wildman–Crippen MR) is 170 cm³/mol. The Balaban J connectivity index is 1.91. The first-order valence-electron chi connectivity index (χ1n) is 14.0. The van der Waals surface area contributed by atoms with Crippen LogP contribution in [0.25, 0.3) is 0 Å². The molecule has 234 valence electrons. The van der Waals surface area contributed by atoms with E-state index in [2.05, 4.69) is 21.3 Å². The SMILES string of the molecule is CN(C)CCNC(=O)[C@H](CSSC[C@H](NC(=O)CCn1cccc1)C(=O)NCCN(C)C)NC(=O)CCn1cccc1. The zero-order valence-corrected chi connectivity index (χ0v) is 26.7. The fraction of sp³-hybridized carbons (Fsp3) is 0.571. The molecular formula is C28H46N8O4S2. The van der Waals surface area contributed by atoms with Crippen molar-refractivity contribution >= 4 is 45.2 Å². The lowest BCUT2D eigenvalue weighted by Crippen LogP contribution is -2.50. The summed E-state index contributed by atoms with van der Waals surface area (Å²) < 4.78 is 3.82. The van der Waals surface area contributed by atoms with Crippen molar-refractivity contribution < 1.29 is 19.2 Å². The van der Waals surface area contributed by atoms with Gasteiger partial charge in [0.05, 0.1) is 0 Å². The van der Waals surface area contributed by atoms with Gasteiger partial charge in [0.2, 0.25) is 23.6 Å². The van der Waals surface area contributed by atoms with Crippen LogP contribution in [0.3, 0.4) is 0 Å². The van der Waals surface area contributed by atoms with Gasteiger partial charge >= 0.3 is 0 Å². The molecule has 0 saturated carbocycles. The first-order chi connectivity index (χ1) is 20.1. The second-order valence-electron chi connectivity index (χ2n) is 10.3. The van der Waals surface area contributed by atoms with E-state index < -0.39 is 12.1 Å². The zero-order valence-electron chi connectivity index (χ0n) is 25.1. The summed E-state index contributed by atoms with van der Waals surface area (Å²) in [5.41, 5.74) is 0. The highest BCUT2D eigenvalue weighted by Gasteiger charge is 2.24. The summed E-state index contributed by atoms with van der Waals surface area (Å²) >= 11 is 0. The Bertz CT molecular complexity index is 980. The number of likely N-dealkylation sites (N-methyl/N-ethyl adjacent to an activating group) is 2. The van der Waals surface area contributed by atoms with Gasteiger partial charge in [-0.2, -0.15) is 0 Å². The Morgan fingerprint density at radius 1 is 0.643 bits per heavy atom. The Labute approximate surface area is 257 Å². The minimum absolute atomic E-state index is 0.213. The number of aryl methyl sites for hydroxylation is 2. The van der Waals surface area contributed by atoms with Gasteiger partial charge in [-0.1, -0.05) is 21.6 Å². The van der Waals surface area contributed by atoms with E-state index in [1.807, 2.05) is 96.2 Å². The molecule has 14 heteroatoms. The molecule has 0 fully saturated rings. The number of hydrogen-bond donors (Lipinski definition) is 4. The van der Waals surface area contributed by atoms with Crippen LogP contribution in [0.15, 0.2) is 49.1 Å². The van der Waals surface area contributed by atoms with Crippen molar-refractivity contribution in [2.24, 2.45) is 0 Å². The molecule has 0 aliphatic rings. The molecule has 0 spiro atoms. The Morgan fingerprint density at radius 3 is 1.33 bits per heavy atom. The fourth-order valence-corrected chi connectivity index (χ4v) is 6.01. The second kappa shape index (κ2) is 20.1. The molecule has 0 saturated heterocycles. The predicted octanol–water partition coefficient (Wildman–Crippen LogP) is 0.477. The van der Waals surface area contributed by atoms with E-state index in [0.29, 0.717) is 50.8 Å². The van der Waals surface area contributed by atoms with E-state index in [4.69, 9.17) is 0 Å². The summed E-state index contributed by atoms with van der Waals surface area (Å²) in [6, 6.07) is 6.12. The highest BCUT2D eigenvalue weighted by Crippen LogP contribution is 2.23. The van der Waals surface area contributed by atoms with Gasteiger partial charge < -0.3 is 40.2 Å². The number of nitrogens with one attached hydrogen (secondary N) is 4. The van der Waals surface area contributed by atoms with Gasteiger partial charge in [0.1, 0.15) is 12.1 Å². The van der Waals surface area contributed by atoms with Crippen molar-refractivity contribution in [1.29, 1.82) is 0 Å². The number of carbonyl (C=O) groups is 4. The first kappa shape index (κ1) is 35.3. The van der Waals surface area contributed by atoms with Gasteiger partial charge in [0, 0.05) is 88.4 Å². The smallest absolute Gasteiger partial charge is 0.243 e. The van der Waals surface area contributed by atoms with E-state index in [9.17, 15) is 19.2 Å². The topological polar surface area (TPSA) is 133 Å². The number of aromatic nitrogens is 2. The molecule has 2 aromatic heterocycles. The van der Waals surface area contributed by atoms with Gasteiger partial charge in [0.15, 0.2) is 0 Å². The number of carbonyl (C=O) groups excluding carboxylic acids is 4. The molecule has 2 aromatic rings. The third kappa shape index (κ3) is 15.3. The molecule has 42 heavy (non-hydrogen) atoms. The van der Waals surface area contributed by atoms with Crippen LogP contribution in [0.5, 0.6) is 0 Å². The van der Waals surface area contributed by atoms with Gasteiger partial charge in [-0.05, 0) is 52.5 Å². The molecule has 0 aromatic carbocycles. The highest BCUT2D eigenvalue weighted by atomic mass is 33.1. The summed E-state index contributed by atoms with van der Waals surface area (Å²) in [4.78, 5) is 55.1. The van der Waals surface area contributed by atoms with E-state index in [0.717, 1.165) is 0 Å². The average molecular weight is 623 g/mol. The molecule has 2 atom stereocenters. The lowest BCUT2D eigenvalue weighted by molar-refractivity contribution is -0.128. The number of nitrogens with zero attached hydrogens (tertiary/aromatic N) is 4. The average Bonchev–Trinajstić information content (AvgIpc) is 3.66. The molecule has 12 nitrogen and oxygen atoms in total. The number of rotatable bonds is 21. The summed E-state index contributed by atoms with van der Waals surface area (Å²) in [6.45, 7) is 3.31. The molecule has 0 unspecified atom stereocenters. The second-order valence-corrected chi connectivity index (χ2v) is 12.9. The molecule has 2 rings (SSSR count). The number of hydrogen-bond acceptors (Lipinski definition) is 8. The van der Waals surface area contributed by atoms with Crippen LogP contribution < -0.4 is 21.3 Å². The minimum atomic E-state index is -0.731. The van der Waals surface area contributed by atoms with Gasteiger partial charge in [-0.15, -0.1) is 0 Å². The number of amides is 4. The lowest BCUT2D eigenvalue weighted by Gasteiger charge is -2.21. The van der Waals surface area contributed by atoms with E-state index in [1.54, 1.807) is 0 Å². The van der Waals surface area contributed by atoms with Gasteiger partial charge in [-0.25, -0.2) is 0 Å². The van der Waals surface area contributed by atoms with Gasteiger partial charge in [0.25, 0.3) is 0 Å². The Hall–Kier alpha value is -2.94. The van der Waals surface area contributed by atoms with Gasteiger partial charge in [-0.3, -0.25) is 19.2 Å². The van der Waals surface area contributed by atoms with Crippen LogP contribution in [0.2, 0.25) is 0 Å². The van der Waals surface area contributed by atoms with Crippen molar-refractivity contribution in [3.8, 4) is 0 Å². The van der Waals surface area contributed by atoms with Crippen LogP contribution >= 0.6 is 21.6 Å². The molecule has 2 heterocycles. The maximum Gasteiger partial charge on any atom is 0.243 e. The highest BCUT2D eigenvalue weighted by molar-refractivity contribution is 8.76. The standard InChI is InChI=1S/C28H46N8O4S2/c1-33(2)19-11-29-27(39)23(31-25(37)9-17-35-13-5-6-14-35)21-41-42-22-24(28(40)30-12-20-34(3)4)32-26(38)10-18-36-15-7-8-16-36/h5-8,13-16,23-24H,9-12,17-22H2,1-4H3,(H,29,39)(H,30,40)(H,31,37)(H,32,38)/t23-,24-/m0/s1. The summed E-state index contributed by atoms with van der Waals surface area (Å²) in [5, 5.41) is 11.5. The lowest BCUT2D eigenvalue weighted by atomic mass is 10.2. The molecule has 0 radical (unpaired) electrons.